The molecule has 1 aromatic heterocycles. The first-order valence-electron chi connectivity index (χ1n) is 7.67. The van der Waals surface area contributed by atoms with Gasteiger partial charge in [-0.05, 0) is 38.5 Å². The molecule has 0 atom stereocenters. The minimum atomic E-state index is -0.519. The molecule has 23 heavy (non-hydrogen) atoms. The van der Waals surface area contributed by atoms with Gasteiger partial charge >= 0.3 is 5.69 Å². The molecule has 0 aliphatic carbocycles. The van der Waals surface area contributed by atoms with Crippen molar-refractivity contribution < 1.29 is 9.47 Å². The van der Waals surface area contributed by atoms with E-state index in [-0.39, 0.29) is 18.3 Å². The third kappa shape index (κ3) is 4.82. The van der Waals surface area contributed by atoms with Crippen LogP contribution >= 0.6 is 0 Å². The summed E-state index contributed by atoms with van der Waals surface area (Å²) in [5.74, 6) is 0.786. The fourth-order valence-corrected chi connectivity index (χ4v) is 2.24. The van der Waals surface area contributed by atoms with E-state index in [2.05, 4.69) is 9.97 Å². The first-order chi connectivity index (χ1) is 11.0. The van der Waals surface area contributed by atoms with E-state index in [1.54, 1.807) is 0 Å². The number of nitrogens with one attached hydrogen (secondary N) is 2. The second-order valence-electron chi connectivity index (χ2n) is 5.49. The van der Waals surface area contributed by atoms with Crippen molar-refractivity contribution >= 4 is 0 Å². The average Bonchev–Trinajstić information content (AvgIpc) is 2.49. The van der Waals surface area contributed by atoms with E-state index in [4.69, 9.17) is 9.47 Å². The Morgan fingerprint density at radius 1 is 1.09 bits per heavy atom. The van der Waals surface area contributed by atoms with Crippen LogP contribution in [0.3, 0.4) is 0 Å². The van der Waals surface area contributed by atoms with Crippen LogP contribution in [-0.4, -0.2) is 22.7 Å². The number of aromatic nitrogens is 2. The van der Waals surface area contributed by atoms with E-state index in [0.717, 1.165) is 11.3 Å². The van der Waals surface area contributed by atoms with Crippen LogP contribution in [0.5, 0.6) is 5.75 Å². The van der Waals surface area contributed by atoms with Gasteiger partial charge < -0.3 is 14.5 Å². The first kappa shape index (κ1) is 17.0. The number of hydrogen-bond acceptors (Lipinski definition) is 4. The first-order valence-corrected chi connectivity index (χ1v) is 7.67. The Morgan fingerprint density at radius 2 is 1.78 bits per heavy atom. The normalized spacial score (nSPS) is 11.0. The van der Waals surface area contributed by atoms with E-state index in [9.17, 15) is 9.59 Å². The van der Waals surface area contributed by atoms with Gasteiger partial charge in [-0.3, -0.25) is 9.78 Å². The highest BCUT2D eigenvalue weighted by Gasteiger charge is 2.11. The van der Waals surface area contributed by atoms with E-state index in [1.807, 2.05) is 45.0 Å². The van der Waals surface area contributed by atoms with Crippen molar-refractivity contribution in [3.63, 3.8) is 0 Å². The summed E-state index contributed by atoms with van der Waals surface area (Å²) in [7, 11) is 0. The lowest BCUT2D eigenvalue weighted by Crippen LogP contribution is -2.28. The molecule has 0 bridgehead atoms. The second-order valence-corrected chi connectivity index (χ2v) is 5.49. The summed E-state index contributed by atoms with van der Waals surface area (Å²) >= 11 is 0. The molecule has 0 aliphatic heterocycles. The molecule has 0 saturated heterocycles. The maximum absolute atomic E-state index is 12.1. The number of H-pyrrole nitrogens is 2. The molecule has 1 aromatic carbocycles. The van der Waals surface area contributed by atoms with Gasteiger partial charge in [0.1, 0.15) is 5.75 Å². The van der Waals surface area contributed by atoms with Crippen molar-refractivity contribution in [1.29, 1.82) is 0 Å². The molecule has 124 valence electrons. The molecule has 2 aromatic rings. The summed E-state index contributed by atoms with van der Waals surface area (Å²) in [5, 5.41) is 0. The Bertz CT molecular complexity index is 744. The molecule has 2 rings (SSSR count). The van der Waals surface area contributed by atoms with Crippen LogP contribution in [-0.2, 0) is 17.8 Å². The van der Waals surface area contributed by atoms with Crippen LogP contribution in [0.4, 0.5) is 0 Å². The van der Waals surface area contributed by atoms with Crippen LogP contribution in [0.1, 0.15) is 37.6 Å². The van der Waals surface area contributed by atoms with Crippen molar-refractivity contribution in [3.05, 3.63) is 61.9 Å². The third-order valence-electron chi connectivity index (χ3n) is 3.26. The molecule has 2 N–H and O–H groups in total. The number of aromatic amines is 2. The highest BCUT2D eigenvalue weighted by molar-refractivity contribution is 5.32. The SMILES string of the molecule is CCOCc1[nH]c(=O)[nH]c(=O)c1Cc1ccc(OC(C)C)cc1. The Hall–Kier alpha value is -2.34. The Kier molecular flexibility index (Phi) is 5.76. The fraction of sp³-hybridized carbons (Fsp3) is 0.412. The van der Waals surface area contributed by atoms with Crippen molar-refractivity contribution in [2.24, 2.45) is 0 Å². The third-order valence-corrected chi connectivity index (χ3v) is 3.26. The molecule has 0 radical (unpaired) electrons. The molecule has 0 unspecified atom stereocenters. The predicted octanol–water partition coefficient (Wildman–Crippen LogP) is 1.98. The van der Waals surface area contributed by atoms with Crippen LogP contribution in [0.2, 0.25) is 0 Å². The predicted molar refractivity (Wildman–Crippen MR) is 88.0 cm³/mol. The van der Waals surface area contributed by atoms with Gasteiger partial charge in [-0.25, -0.2) is 4.79 Å². The number of rotatable bonds is 7. The summed E-state index contributed by atoms with van der Waals surface area (Å²) in [4.78, 5) is 28.4. The van der Waals surface area contributed by atoms with Gasteiger partial charge in [-0.15, -0.1) is 0 Å². The molecule has 6 heteroatoms. The lowest BCUT2D eigenvalue weighted by molar-refractivity contribution is 0.130. The molecular formula is C17H22N2O4. The molecule has 1 heterocycles. The molecule has 0 fully saturated rings. The van der Waals surface area contributed by atoms with Crippen LogP contribution in [0.15, 0.2) is 33.9 Å². The minimum Gasteiger partial charge on any atom is -0.491 e. The lowest BCUT2D eigenvalue weighted by Gasteiger charge is -2.11. The minimum absolute atomic E-state index is 0.112. The van der Waals surface area contributed by atoms with Gasteiger partial charge in [0, 0.05) is 18.6 Å². The lowest BCUT2D eigenvalue weighted by atomic mass is 10.0. The zero-order chi connectivity index (χ0) is 16.8. The van der Waals surface area contributed by atoms with Gasteiger partial charge in [0.05, 0.1) is 18.4 Å². The second kappa shape index (κ2) is 7.78. The maximum Gasteiger partial charge on any atom is 0.325 e. The molecule has 0 saturated carbocycles. The van der Waals surface area contributed by atoms with E-state index >= 15 is 0 Å². The highest BCUT2D eigenvalue weighted by atomic mass is 16.5. The van der Waals surface area contributed by atoms with Crippen LogP contribution in [0, 0.1) is 0 Å². The fourth-order valence-electron chi connectivity index (χ4n) is 2.24. The van der Waals surface area contributed by atoms with Gasteiger partial charge in [0.25, 0.3) is 5.56 Å². The molecule has 0 aliphatic rings. The van der Waals surface area contributed by atoms with Gasteiger partial charge in [-0.1, -0.05) is 12.1 Å². The summed E-state index contributed by atoms with van der Waals surface area (Å²) in [6, 6.07) is 7.56. The monoisotopic (exact) mass is 318 g/mol. The summed E-state index contributed by atoms with van der Waals surface area (Å²) < 4.78 is 10.9. The van der Waals surface area contributed by atoms with Crippen molar-refractivity contribution in [2.75, 3.05) is 6.61 Å². The molecule has 0 spiro atoms. The summed E-state index contributed by atoms with van der Waals surface area (Å²) in [6.07, 6.45) is 0.525. The van der Waals surface area contributed by atoms with E-state index in [1.165, 1.54) is 0 Å². The Labute approximate surface area is 134 Å². The van der Waals surface area contributed by atoms with Gasteiger partial charge in [-0.2, -0.15) is 0 Å². The van der Waals surface area contributed by atoms with Gasteiger partial charge in [0.15, 0.2) is 0 Å². The number of benzene rings is 1. The van der Waals surface area contributed by atoms with Crippen molar-refractivity contribution in [3.8, 4) is 5.75 Å². The zero-order valence-corrected chi connectivity index (χ0v) is 13.6. The van der Waals surface area contributed by atoms with Crippen LogP contribution in [0.25, 0.3) is 0 Å². The van der Waals surface area contributed by atoms with Crippen molar-refractivity contribution in [2.45, 2.75) is 39.9 Å². The van der Waals surface area contributed by atoms with E-state index in [0.29, 0.717) is 24.3 Å². The standard InChI is InChI=1S/C17H22N2O4/c1-4-22-10-15-14(16(20)19-17(21)18-15)9-12-5-7-13(8-6-12)23-11(2)3/h5-8,11H,4,9-10H2,1-3H3,(H2,18,19,20,21). The zero-order valence-electron chi connectivity index (χ0n) is 13.6. The quantitative estimate of drug-likeness (QED) is 0.817. The Balaban J connectivity index is 2.25. The maximum atomic E-state index is 12.1. The van der Waals surface area contributed by atoms with Crippen molar-refractivity contribution in [1.82, 2.24) is 9.97 Å². The van der Waals surface area contributed by atoms with Gasteiger partial charge in [0.2, 0.25) is 0 Å². The topological polar surface area (TPSA) is 84.2 Å². The molecule has 0 amide bonds. The molecular weight excluding hydrogens is 296 g/mol. The largest absolute Gasteiger partial charge is 0.491 e. The highest BCUT2D eigenvalue weighted by Crippen LogP contribution is 2.16. The summed E-state index contributed by atoms with van der Waals surface area (Å²) in [5.41, 5.74) is 1.08. The smallest absolute Gasteiger partial charge is 0.325 e. The van der Waals surface area contributed by atoms with E-state index < -0.39 is 5.69 Å². The summed E-state index contributed by atoms with van der Waals surface area (Å²) in [6.45, 7) is 6.51. The number of hydrogen-bond donors (Lipinski definition) is 2. The number of ether oxygens (including phenoxy) is 2. The van der Waals surface area contributed by atoms with Crippen LogP contribution < -0.4 is 16.0 Å². The average molecular weight is 318 g/mol. The molecule has 6 nitrogen and oxygen atoms in total. The Morgan fingerprint density at radius 3 is 2.39 bits per heavy atom.